The van der Waals surface area contributed by atoms with E-state index in [1.165, 1.54) is 0 Å². The Morgan fingerprint density at radius 3 is 2.60 bits per heavy atom. The molecule has 4 heteroatoms. The third-order valence-corrected chi connectivity index (χ3v) is 4.10. The summed E-state index contributed by atoms with van der Waals surface area (Å²) >= 11 is 6.06. The summed E-state index contributed by atoms with van der Waals surface area (Å²) in [7, 11) is 1.98. The number of benzene rings is 2. The van der Waals surface area contributed by atoms with Gasteiger partial charge in [-0.3, -0.25) is 4.79 Å². The second-order valence-corrected chi connectivity index (χ2v) is 5.49. The van der Waals surface area contributed by atoms with Crippen LogP contribution in [0.3, 0.4) is 0 Å². The molecule has 1 aromatic heterocycles. The van der Waals surface area contributed by atoms with Crippen LogP contribution in [0.1, 0.15) is 18.4 Å². The molecule has 102 valence electrons. The summed E-state index contributed by atoms with van der Waals surface area (Å²) in [5.41, 5.74) is 2.92. The molecule has 20 heavy (non-hydrogen) atoms. The first kappa shape index (κ1) is 13.0. The number of aromatic nitrogens is 1. The third kappa shape index (κ3) is 1.86. The van der Waals surface area contributed by atoms with Crippen molar-refractivity contribution < 1.29 is 9.90 Å². The van der Waals surface area contributed by atoms with Crippen LogP contribution in [0.2, 0.25) is 5.02 Å². The van der Waals surface area contributed by atoms with Crippen LogP contribution in [0, 0.1) is 0 Å². The Kier molecular flexibility index (Phi) is 2.94. The minimum atomic E-state index is -0.814. The molecule has 0 aliphatic carbocycles. The Bertz CT molecular complexity index is 835. The lowest BCUT2D eigenvalue weighted by molar-refractivity contribution is -0.138. The molecule has 0 unspecified atom stereocenters. The predicted octanol–water partition coefficient (Wildman–Crippen LogP) is 4.17. The molecule has 0 saturated heterocycles. The Morgan fingerprint density at radius 1 is 1.15 bits per heavy atom. The molecule has 0 saturated carbocycles. The summed E-state index contributed by atoms with van der Waals surface area (Å²) in [6.45, 7) is 1.70. The maximum absolute atomic E-state index is 11.1. The highest BCUT2D eigenvalue weighted by molar-refractivity contribution is 6.31. The van der Waals surface area contributed by atoms with E-state index in [2.05, 4.69) is 4.57 Å². The van der Waals surface area contributed by atoms with Crippen molar-refractivity contribution in [2.75, 3.05) is 0 Å². The lowest BCUT2D eigenvalue weighted by Gasteiger charge is -2.07. The quantitative estimate of drug-likeness (QED) is 0.768. The number of aryl methyl sites for hydroxylation is 1. The van der Waals surface area contributed by atoms with Gasteiger partial charge in [0.05, 0.1) is 5.92 Å². The number of hydrogen-bond donors (Lipinski definition) is 1. The molecule has 0 aliphatic rings. The van der Waals surface area contributed by atoms with E-state index in [0.29, 0.717) is 5.02 Å². The van der Waals surface area contributed by atoms with Crippen molar-refractivity contribution >= 4 is 39.4 Å². The van der Waals surface area contributed by atoms with E-state index >= 15 is 0 Å². The van der Waals surface area contributed by atoms with E-state index in [4.69, 9.17) is 16.7 Å². The van der Waals surface area contributed by atoms with Crippen molar-refractivity contribution in [2.24, 2.45) is 7.05 Å². The molecule has 0 bridgehead atoms. The fraction of sp³-hybridized carbons (Fsp3) is 0.188. The first-order chi connectivity index (χ1) is 9.49. The molecule has 1 atom stereocenters. The topological polar surface area (TPSA) is 42.2 Å². The van der Waals surface area contributed by atoms with Crippen molar-refractivity contribution in [3.8, 4) is 0 Å². The van der Waals surface area contributed by atoms with Crippen LogP contribution < -0.4 is 0 Å². The summed E-state index contributed by atoms with van der Waals surface area (Å²) in [6, 6.07) is 11.6. The maximum atomic E-state index is 11.1. The molecular formula is C16H14ClNO2. The number of carboxylic acid groups (broad SMARTS) is 1. The van der Waals surface area contributed by atoms with E-state index in [-0.39, 0.29) is 0 Å². The fourth-order valence-electron chi connectivity index (χ4n) is 2.61. The van der Waals surface area contributed by atoms with Crippen molar-refractivity contribution in [2.45, 2.75) is 12.8 Å². The molecule has 0 radical (unpaired) electrons. The zero-order valence-corrected chi connectivity index (χ0v) is 12.0. The second-order valence-electron chi connectivity index (χ2n) is 5.06. The summed E-state index contributed by atoms with van der Waals surface area (Å²) in [4.78, 5) is 11.1. The van der Waals surface area contributed by atoms with E-state index in [0.717, 1.165) is 27.4 Å². The summed E-state index contributed by atoms with van der Waals surface area (Å²) in [5, 5.41) is 12.0. The largest absolute Gasteiger partial charge is 0.481 e. The molecule has 1 heterocycles. The van der Waals surface area contributed by atoms with Gasteiger partial charge in [-0.25, -0.2) is 0 Å². The van der Waals surface area contributed by atoms with Gasteiger partial charge in [0.15, 0.2) is 0 Å². The van der Waals surface area contributed by atoms with E-state index < -0.39 is 11.9 Å². The number of hydrogen-bond acceptors (Lipinski definition) is 1. The Balaban J connectivity index is 2.33. The summed E-state index contributed by atoms with van der Waals surface area (Å²) < 4.78 is 2.07. The number of fused-ring (bicyclic) bond motifs is 3. The van der Waals surface area contributed by atoms with Gasteiger partial charge in [-0.1, -0.05) is 23.7 Å². The molecule has 0 fully saturated rings. The van der Waals surface area contributed by atoms with Crippen LogP contribution in [0.25, 0.3) is 21.8 Å². The monoisotopic (exact) mass is 287 g/mol. The molecule has 1 N–H and O–H groups in total. The van der Waals surface area contributed by atoms with Gasteiger partial charge in [0, 0.05) is 33.9 Å². The molecule has 3 nitrogen and oxygen atoms in total. The Labute approximate surface area is 121 Å². The highest BCUT2D eigenvalue weighted by Gasteiger charge is 2.16. The minimum absolute atomic E-state index is 0.513. The van der Waals surface area contributed by atoms with E-state index in [1.807, 2.05) is 43.4 Å². The predicted molar refractivity (Wildman–Crippen MR) is 81.5 cm³/mol. The van der Waals surface area contributed by atoms with Gasteiger partial charge in [-0.2, -0.15) is 0 Å². The standard InChI is InChI=1S/C16H14ClNO2/c1-9(16(19)20)10-3-5-12-13-8-11(17)4-6-14(13)18(2)15(12)7-10/h3-9H,1-2H3,(H,19,20)/t9-/m1/s1. The lowest BCUT2D eigenvalue weighted by atomic mass is 10.00. The second kappa shape index (κ2) is 4.53. The molecule has 3 aromatic rings. The molecule has 0 aliphatic heterocycles. The van der Waals surface area contributed by atoms with Crippen LogP contribution in [-0.2, 0) is 11.8 Å². The first-order valence-corrected chi connectivity index (χ1v) is 6.77. The minimum Gasteiger partial charge on any atom is -0.481 e. The van der Waals surface area contributed by atoms with E-state index in [1.54, 1.807) is 6.92 Å². The third-order valence-electron chi connectivity index (χ3n) is 3.86. The SMILES string of the molecule is C[C@@H](C(=O)O)c1ccc2c3cc(Cl)ccc3n(C)c2c1. The van der Waals surface area contributed by atoms with Crippen molar-refractivity contribution in [1.82, 2.24) is 4.57 Å². The normalized spacial score (nSPS) is 12.9. The number of rotatable bonds is 2. The average molecular weight is 288 g/mol. The molecule has 2 aromatic carbocycles. The van der Waals surface area contributed by atoms with Crippen molar-refractivity contribution in [1.29, 1.82) is 0 Å². The Hall–Kier alpha value is -2.00. The highest BCUT2D eigenvalue weighted by atomic mass is 35.5. The zero-order valence-electron chi connectivity index (χ0n) is 11.2. The van der Waals surface area contributed by atoms with Gasteiger partial charge in [0.25, 0.3) is 0 Å². The molecule has 3 rings (SSSR count). The molecule has 0 spiro atoms. The Morgan fingerprint density at radius 2 is 1.90 bits per heavy atom. The van der Waals surface area contributed by atoms with Gasteiger partial charge in [0.1, 0.15) is 0 Å². The van der Waals surface area contributed by atoms with Crippen molar-refractivity contribution in [3.05, 3.63) is 47.0 Å². The van der Waals surface area contributed by atoms with Crippen molar-refractivity contribution in [3.63, 3.8) is 0 Å². The van der Waals surface area contributed by atoms with Gasteiger partial charge < -0.3 is 9.67 Å². The lowest BCUT2D eigenvalue weighted by Crippen LogP contribution is -2.07. The number of halogens is 1. The summed E-state index contributed by atoms with van der Waals surface area (Å²) in [5.74, 6) is -1.33. The van der Waals surface area contributed by atoms with Crippen LogP contribution in [-0.4, -0.2) is 15.6 Å². The smallest absolute Gasteiger partial charge is 0.310 e. The number of carboxylic acids is 1. The fourth-order valence-corrected chi connectivity index (χ4v) is 2.78. The summed E-state index contributed by atoms with van der Waals surface area (Å²) in [6.07, 6.45) is 0. The number of aliphatic carboxylic acids is 1. The number of carbonyl (C=O) groups is 1. The van der Waals surface area contributed by atoms with Gasteiger partial charge in [-0.15, -0.1) is 0 Å². The zero-order chi connectivity index (χ0) is 14.4. The van der Waals surface area contributed by atoms with Crippen LogP contribution in [0.5, 0.6) is 0 Å². The van der Waals surface area contributed by atoms with Gasteiger partial charge >= 0.3 is 5.97 Å². The van der Waals surface area contributed by atoms with Crippen LogP contribution in [0.15, 0.2) is 36.4 Å². The van der Waals surface area contributed by atoms with Gasteiger partial charge in [-0.05, 0) is 36.8 Å². The van der Waals surface area contributed by atoms with Crippen LogP contribution in [0.4, 0.5) is 0 Å². The molecule has 0 amide bonds. The average Bonchev–Trinajstić information content (AvgIpc) is 2.70. The van der Waals surface area contributed by atoms with Crippen LogP contribution >= 0.6 is 11.6 Å². The maximum Gasteiger partial charge on any atom is 0.310 e. The highest BCUT2D eigenvalue weighted by Crippen LogP contribution is 2.32. The molecular weight excluding hydrogens is 274 g/mol. The van der Waals surface area contributed by atoms with Gasteiger partial charge in [0.2, 0.25) is 0 Å². The first-order valence-electron chi connectivity index (χ1n) is 6.39. The van der Waals surface area contributed by atoms with E-state index in [9.17, 15) is 4.79 Å². The number of nitrogens with zero attached hydrogens (tertiary/aromatic N) is 1.